The van der Waals surface area contributed by atoms with Crippen LogP contribution in [0.1, 0.15) is 12.8 Å². The van der Waals surface area contributed by atoms with Crippen LogP contribution >= 0.6 is 0 Å². The lowest BCUT2D eigenvalue weighted by Gasteiger charge is -2.31. The molecule has 0 aliphatic carbocycles. The number of ether oxygens (including phenoxy) is 3. The van der Waals surface area contributed by atoms with Crippen molar-refractivity contribution < 1.29 is 27.4 Å². The molecule has 1 amide bonds. The number of benzene rings is 2. The fourth-order valence-electron chi connectivity index (χ4n) is 3.49. The summed E-state index contributed by atoms with van der Waals surface area (Å²) in [5, 5.41) is 2.84. The van der Waals surface area contributed by atoms with Crippen molar-refractivity contribution in [1.82, 2.24) is 9.62 Å². The summed E-state index contributed by atoms with van der Waals surface area (Å²) in [6.07, 6.45) is 1.28. The van der Waals surface area contributed by atoms with Crippen molar-refractivity contribution in [2.45, 2.75) is 17.7 Å². The van der Waals surface area contributed by atoms with Gasteiger partial charge >= 0.3 is 0 Å². The van der Waals surface area contributed by atoms with Crippen LogP contribution in [0.3, 0.4) is 0 Å². The lowest BCUT2D eigenvalue weighted by Crippen LogP contribution is -2.45. The molecule has 0 radical (unpaired) electrons. The van der Waals surface area contributed by atoms with E-state index >= 15 is 0 Å². The first kappa shape index (κ1) is 22.9. The van der Waals surface area contributed by atoms with Gasteiger partial charge in [0.2, 0.25) is 15.9 Å². The lowest BCUT2D eigenvalue weighted by atomic mass is 9.99. The number of rotatable bonds is 9. The Bertz CT molecular complexity index is 978. The quantitative estimate of drug-likeness (QED) is 0.592. The largest absolute Gasteiger partial charge is 0.497 e. The van der Waals surface area contributed by atoms with Crippen molar-refractivity contribution >= 4 is 15.9 Å². The number of methoxy groups -OCH3 is 2. The van der Waals surface area contributed by atoms with Gasteiger partial charge in [-0.3, -0.25) is 4.79 Å². The molecule has 0 unspecified atom stereocenters. The van der Waals surface area contributed by atoms with Gasteiger partial charge in [0.25, 0.3) is 0 Å². The highest BCUT2D eigenvalue weighted by atomic mass is 32.2. The molecule has 3 rings (SSSR count). The fraction of sp³-hybridized carbons (Fsp3) is 0.409. The molecule has 1 aliphatic rings. The predicted octanol–water partition coefficient (Wildman–Crippen LogP) is 2.30. The fourth-order valence-corrected chi connectivity index (χ4v) is 5.01. The number of para-hydroxylation sites is 2. The Labute approximate surface area is 183 Å². The zero-order valence-corrected chi connectivity index (χ0v) is 18.6. The van der Waals surface area contributed by atoms with Crippen LogP contribution in [0.5, 0.6) is 17.2 Å². The van der Waals surface area contributed by atoms with Gasteiger partial charge < -0.3 is 19.5 Å². The van der Waals surface area contributed by atoms with Crippen LogP contribution in [-0.4, -0.2) is 59.1 Å². The Morgan fingerprint density at radius 3 is 2.45 bits per heavy atom. The summed E-state index contributed by atoms with van der Waals surface area (Å²) in [5.74, 6) is 1.26. The third-order valence-corrected chi connectivity index (χ3v) is 7.06. The Morgan fingerprint density at radius 1 is 1.06 bits per heavy atom. The maximum Gasteiger partial charge on any atom is 0.243 e. The highest BCUT2D eigenvalue weighted by molar-refractivity contribution is 7.89. The maximum absolute atomic E-state index is 13.0. The summed E-state index contributed by atoms with van der Waals surface area (Å²) in [6, 6.07) is 13.6. The van der Waals surface area contributed by atoms with Crippen molar-refractivity contribution in [2.75, 3.05) is 40.5 Å². The van der Waals surface area contributed by atoms with E-state index in [9.17, 15) is 13.2 Å². The van der Waals surface area contributed by atoms with Gasteiger partial charge in [-0.15, -0.1) is 0 Å². The Morgan fingerprint density at radius 2 is 1.77 bits per heavy atom. The molecule has 1 N–H and O–H groups in total. The van der Waals surface area contributed by atoms with Crippen molar-refractivity contribution in [3.8, 4) is 17.2 Å². The number of hydrogen-bond acceptors (Lipinski definition) is 6. The van der Waals surface area contributed by atoms with Gasteiger partial charge in [0.1, 0.15) is 12.4 Å². The van der Waals surface area contributed by atoms with E-state index < -0.39 is 15.9 Å². The van der Waals surface area contributed by atoms with Crippen LogP contribution in [-0.2, 0) is 14.8 Å². The topological polar surface area (TPSA) is 94.2 Å². The van der Waals surface area contributed by atoms with Gasteiger partial charge in [-0.05, 0) is 49.2 Å². The summed E-state index contributed by atoms with van der Waals surface area (Å²) in [4.78, 5) is 12.8. The van der Waals surface area contributed by atoms with E-state index in [1.54, 1.807) is 31.4 Å². The summed E-state index contributed by atoms with van der Waals surface area (Å²) >= 11 is 0. The van der Waals surface area contributed by atoms with Crippen molar-refractivity contribution in [3.05, 3.63) is 48.5 Å². The zero-order chi connectivity index (χ0) is 22.3. The summed E-state index contributed by atoms with van der Waals surface area (Å²) in [5.41, 5.74) is 0. The molecule has 0 saturated carbocycles. The van der Waals surface area contributed by atoms with Crippen molar-refractivity contribution in [1.29, 1.82) is 0 Å². The second-order valence-electron chi connectivity index (χ2n) is 7.17. The first-order valence-electron chi connectivity index (χ1n) is 10.1. The molecule has 0 aromatic heterocycles. The number of piperidine rings is 1. The average molecular weight is 449 g/mol. The van der Waals surface area contributed by atoms with Crippen molar-refractivity contribution in [2.24, 2.45) is 5.92 Å². The normalized spacial score (nSPS) is 17.0. The first-order valence-corrected chi connectivity index (χ1v) is 11.6. The van der Waals surface area contributed by atoms with Gasteiger partial charge in [-0.2, -0.15) is 4.31 Å². The van der Waals surface area contributed by atoms with E-state index in [1.807, 2.05) is 12.1 Å². The van der Waals surface area contributed by atoms with Crippen LogP contribution in [0.15, 0.2) is 53.4 Å². The molecule has 0 spiro atoms. The predicted molar refractivity (Wildman–Crippen MR) is 116 cm³/mol. The van der Waals surface area contributed by atoms with Gasteiger partial charge in [-0.25, -0.2) is 8.42 Å². The standard InChI is InChI=1S/C22H28N2O6S/c1-28-18-9-11-19(12-10-18)31(26,27)24-14-5-6-17(16-24)22(25)23-13-15-30-21-8-4-3-7-20(21)29-2/h3-4,7-12,17H,5-6,13-16H2,1-2H3,(H,23,25)/t17-/m0/s1. The summed E-state index contributed by atoms with van der Waals surface area (Å²) in [7, 11) is -0.568. The Balaban J connectivity index is 1.52. The zero-order valence-electron chi connectivity index (χ0n) is 17.7. The lowest BCUT2D eigenvalue weighted by molar-refractivity contribution is -0.126. The smallest absolute Gasteiger partial charge is 0.243 e. The second-order valence-corrected chi connectivity index (χ2v) is 9.11. The SMILES string of the molecule is COc1ccc(S(=O)(=O)N2CCC[C@H](C(=O)NCCOc3ccccc3OC)C2)cc1. The van der Waals surface area contributed by atoms with Crippen LogP contribution in [0.25, 0.3) is 0 Å². The molecule has 2 aromatic rings. The average Bonchev–Trinajstić information content (AvgIpc) is 2.82. The van der Waals surface area contributed by atoms with Crippen LogP contribution in [0.4, 0.5) is 0 Å². The molecule has 2 aromatic carbocycles. The molecule has 1 saturated heterocycles. The van der Waals surface area contributed by atoms with Crippen LogP contribution in [0.2, 0.25) is 0 Å². The molecule has 1 aliphatic heterocycles. The number of nitrogens with zero attached hydrogens (tertiary/aromatic N) is 1. The van der Waals surface area contributed by atoms with E-state index in [0.717, 1.165) is 0 Å². The number of nitrogens with one attached hydrogen (secondary N) is 1. The summed E-state index contributed by atoms with van der Waals surface area (Å²) < 4.78 is 43.3. The maximum atomic E-state index is 13.0. The second kappa shape index (κ2) is 10.5. The van der Waals surface area contributed by atoms with E-state index in [1.165, 1.54) is 23.5 Å². The number of carbonyl (C=O) groups excluding carboxylic acids is 1. The molecule has 31 heavy (non-hydrogen) atoms. The molecule has 9 heteroatoms. The molecule has 8 nitrogen and oxygen atoms in total. The highest BCUT2D eigenvalue weighted by Crippen LogP contribution is 2.26. The molecule has 1 fully saturated rings. The molecule has 1 atom stereocenters. The summed E-state index contributed by atoms with van der Waals surface area (Å²) in [6.45, 7) is 1.16. The van der Waals surface area contributed by atoms with Gasteiger partial charge in [0.15, 0.2) is 11.5 Å². The van der Waals surface area contributed by atoms with E-state index in [-0.39, 0.29) is 24.0 Å². The monoisotopic (exact) mass is 448 g/mol. The Kier molecular flexibility index (Phi) is 7.75. The van der Waals surface area contributed by atoms with Crippen molar-refractivity contribution in [3.63, 3.8) is 0 Å². The molecule has 0 bridgehead atoms. The molecular weight excluding hydrogens is 420 g/mol. The molecule has 168 valence electrons. The minimum atomic E-state index is -3.66. The third-order valence-electron chi connectivity index (χ3n) is 5.18. The van der Waals surface area contributed by atoms with Gasteiger partial charge in [0, 0.05) is 13.1 Å². The third kappa shape index (κ3) is 5.68. The van der Waals surface area contributed by atoms with E-state index in [4.69, 9.17) is 14.2 Å². The highest BCUT2D eigenvalue weighted by Gasteiger charge is 2.33. The van der Waals surface area contributed by atoms with Crippen LogP contribution in [0, 0.1) is 5.92 Å². The number of sulfonamides is 1. The first-order chi connectivity index (χ1) is 15.0. The van der Waals surface area contributed by atoms with Crippen LogP contribution < -0.4 is 19.5 Å². The number of hydrogen-bond donors (Lipinski definition) is 1. The van der Waals surface area contributed by atoms with Gasteiger partial charge in [0.05, 0.1) is 31.6 Å². The van der Waals surface area contributed by atoms with E-state index in [0.29, 0.717) is 43.2 Å². The minimum Gasteiger partial charge on any atom is -0.497 e. The minimum absolute atomic E-state index is 0.160. The number of amides is 1. The van der Waals surface area contributed by atoms with Gasteiger partial charge in [-0.1, -0.05) is 12.1 Å². The number of carbonyl (C=O) groups is 1. The van der Waals surface area contributed by atoms with E-state index in [2.05, 4.69) is 5.32 Å². The molecule has 1 heterocycles. The molecular formula is C22H28N2O6S. The Hall–Kier alpha value is -2.78.